The molecular weight excluding hydrogens is 328 g/mol. The third-order valence-electron chi connectivity index (χ3n) is 5.01. The van der Waals surface area contributed by atoms with Gasteiger partial charge in [0.15, 0.2) is 5.82 Å². The van der Waals surface area contributed by atoms with E-state index < -0.39 is 0 Å². The monoisotopic (exact) mass is 350 g/mol. The topological polar surface area (TPSA) is 73.0 Å². The van der Waals surface area contributed by atoms with Crippen molar-refractivity contribution in [3.05, 3.63) is 60.4 Å². The molecule has 4 rings (SSSR count). The molecule has 1 saturated carbocycles. The van der Waals surface area contributed by atoms with E-state index in [2.05, 4.69) is 20.1 Å². The molecule has 1 N–H and O–H groups in total. The highest BCUT2D eigenvalue weighted by Crippen LogP contribution is 2.31. The molecule has 0 spiro atoms. The maximum absolute atomic E-state index is 12.6. The molecule has 6 nitrogen and oxygen atoms in total. The van der Waals surface area contributed by atoms with Crippen molar-refractivity contribution < 1.29 is 9.21 Å². The first-order chi connectivity index (χ1) is 12.7. The van der Waals surface area contributed by atoms with Crippen LogP contribution in [-0.4, -0.2) is 20.7 Å². The number of benzene rings is 1. The van der Waals surface area contributed by atoms with E-state index in [0.29, 0.717) is 11.6 Å². The second-order valence-electron chi connectivity index (χ2n) is 6.78. The molecule has 0 unspecified atom stereocenters. The van der Waals surface area contributed by atoms with Crippen molar-refractivity contribution in [3.63, 3.8) is 0 Å². The molecule has 2 aromatic heterocycles. The molecule has 0 saturated heterocycles. The lowest BCUT2D eigenvalue weighted by Crippen LogP contribution is -2.29. The zero-order valence-electron chi connectivity index (χ0n) is 14.8. The summed E-state index contributed by atoms with van der Waals surface area (Å²) in [4.78, 5) is 12.6. The van der Waals surface area contributed by atoms with Gasteiger partial charge in [-0.25, -0.2) is 0 Å². The normalized spacial score (nSPS) is 15.9. The highest BCUT2D eigenvalue weighted by atomic mass is 16.3. The fourth-order valence-corrected chi connectivity index (χ4v) is 3.60. The zero-order valence-corrected chi connectivity index (χ0v) is 14.8. The number of nitrogens with one attached hydrogen (secondary N) is 1. The van der Waals surface area contributed by atoms with Crippen LogP contribution in [0.25, 0.3) is 11.3 Å². The summed E-state index contributed by atoms with van der Waals surface area (Å²) >= 11 is 0. The largest absolute Gasteiger partial charge is 0.464 e. The minimum absolute atomic E-state index is 0.121. The second-order valence-corrected chi connectivity index (χ2v) is 6.78. The van der Waals surface area contributed by atoms with Gasteiger partial charge < -0.3 is 14.3 Å². The fourth-order valence-electron chi connectivity index (χ4n) is 3.60. The van der Waals surface area contributed by atoms with E-state index in [1.807, 2.05) is 43.3 Å². The predicted molar refractivity (Wildman–Crippen MR) is 97.6 cm³/mol. The predicted octanol–water partition coefficient (Wildman–Crippen LogP) is 4.14. The van der Waals surface area contributed by atoms with Crippen molar-refractivity contribution in [3.8, 4) is 11.3 Å². The van der Waals surface area contributed by atoms with Crippen LogP contribution in [0.4, 0.5) is 0 Å². The average Bonchev–Trinajstić information content (AvgIpc) is 3.43. The summed E-state index contributed by atoms with van der Waals surface area (Å²) in [5.41, 5.74) is 1.56. The van der Waals surface area contributed by atoms with Crippen molar-refractivity contribution in [2.75, 3.05) is 0 Å². The highest BCUT2D eigenvalue weighted by molar-refractivity contribution is 5.94. The molecule has 6 heteroatoms. The fraction of sp³-hybridized carbons (Fsp3) is 0.350. The Morgan fingerprint density at radius 2 is 2.00 bits per heavy atom. The third kappa shape index (κ3) is 3.27. The maximum atomic E-state index is 12.6. The SMILES string of the molecule is C[C@H](NC(=O)c1ccc(-c2ccco2)cc1)c1nncn1C1CCCC1. The average molecular weight is 350 g/mol. The van der Waals surface area contributed by atoms with Gasteiger partial charge >= 0.3 is 0 Å². The van der Waals surface area contributed by atoms with Gasteiger partial charge in [-0.1, -0.05) is 25.0 Å². The number of aromatic nitrogens is 3. The quantitative estimate of drug-likeness (QED) is 0.750. The Bertz CT molecular complexity index is 862. The summed E-state index contributed by atoms with van der Waals surface area (Å²) in [5, 5.41) is 11.3. The molecule has 0 radical (unpaired) electrons. The number of hydrogen-bond donors (Lipinski definition) is 1. The minimum Gasteiger partial charge on any atom is -0.464 e. The molecule has 1 amide bonds. The Hall–Kier alpha value is -2.89. The first-order valence-corrected chi connectivity index (χ1v) is 9.06. The lowest BCUT2D eigenvalue weighted by Gasteiger charge is -2.18. The van der Waals surface area contributed by atoms with E-state index in [4.69, 9.17) is 4.42 Å². The summed E-state index contributed by atoms with van der Waals surface area (Å²) in [6, 6.07) is 11.4. The Kier molecular flexibility index (Phi) is 4.56. The van der Waals surface area contributed by atoms with Gasteiger partial charge in [-0.05, 0) is 44.0 Å². The summed E-state index contributed by atoms with van der Waals surface area (Å²) in [5.74, 6) is 1.48. The van der Waals surface area contributed by atoms with Crippen LogP contribution < -0.4 is 5.32 Å². The van der Waals surface area contributed by atoms with Crippen molar-refractivity contribution >= 4 is 5.91 Å². The van der Waals surface area contributed by atoms with Gasteiger partial charge in [0.05, 0.1) is 12.3 Å². The van der Waals surface area contributed by atoms with Crippen LogP contribution in [0.15, 0.2) is 53.4 Å². The number of rotatable bonds is 5. The molecular formula is C20H22N4O2. The lowest BCUT2D eigenvalue weighted by molar-refractivity contribution is 0.0937. The first-order valence-electron chi connectivity index (χ1n) is 9.06. The second kappa shape index (κ2) is 7.15. The molecule has 26 heavy (non-hydrogen) atoms. The van der Waals surface area contributed by atoms with E-state index >= 15 is 0 Å². The van der Waals surface area contributed by atoms with Gasteiger partial charge in [0.2, 0.25) is 0 Å². The van der Waals surface area contributed by atoms with Crippen LogP contribution in [-0.2, 0) is 0 Å². The van der Waals surface area contributed by atoms with Gasteiger partial charge in [-0.2, -0.15) is 0 Å². The van der Waals surface area contributed by atoms with Crippen molar-refractivity contribution in [2.24, 2.45) is 0 Å². The molecule has 2 heterocycles. The first kappa shape index (κ1) is 16.6. The van der Waals surface area contributed by atoms with Gasteiger partial charge in [-0.15, -0.1) is 10.2 Å². The molecule has 1 atom stereocenters. The Morgan fingerprint density at radius 1 is 1.23 bits per heavy atom. The van der Waals surface area contributed by atoms with E-state index in [1.54, 1.807) is 12.6 Å². The van der Waals surface area contributed by atoms with Crippen molar-refractivity contribution in [1.29, 1.82) is 0 Å². The molecule has 3 aromatic rings. The van der Waals surface area contributed by atoms with Crippen LogP contribution in [0, 0.1) is 0 Å². The zero-order chi connectivity index (χ0) is 17.9. The number of furan rings is 1. The van der Waals surface area contributed by atoms with Crippen molar-refractivity contribution in [1.82, 2.24) is 20.1 Å². The molecule has 1 aromatic carbocycles. The van der Waals surface area contributed by atoms with Crippen LogP contribution in [0.5, 0.6) is 0 Å². The van der Waals surface area contributed by atoms with Gasteiger partial charge in [-0.3, -0.25) is 4.79 Å². The number of carbonyl (C=O) groups excluding carboxylic acids is 1. The number of hydrogen-bond acceptors (Lipinski definition) is 4. The van der Waals surface area contributed by atoms with Crippen LogP contribution in [0.2, 0.25) is 0 Å². The van der Waals surface area contributed by atoms with Crippen molar-refractivity contribution in [2.45, 2.75) is 44.7 Å². The third-order valence-corrected chi connectivity index (χ3v) is 5.01. The molecule has 134 valence electrons. The molecule has 1 aliphatic rings. The van der Waals surface area contributed by atoms with Crippen LogP contribution in [0.1, 0.15) is 60.9 Å². The Balaban J connectivity index is 1.45. The van der Waals surface area contributed by atoms with E-state index in [-0.39, 0.29) is 11.9 Å². The van der Waals surface area contributed by atoms with Gasteiger partial charge in [0, 0.05) is 17.2 Å². The summed E-state index contributed by atoms with van der Waals surface area (Å²) < 4.78 is 7.50. The summed E-state index contributed by atoms with van der Waals surface area (Å²) in [6.07, 6.45) is 8.21. The maximum Gasteiger partial charge on any atom is 0.251 e. The Morgan fingerprint density at radius 3 is 2.69 bits per heavy atom. The summed E-state index contributed by atoms with van der Waals surface area (Å²) in [6.45, 7) is 1.95. The lowest BCUT2D eigenvalue weighted by atomic mass is 10.1. The van der Waals surface area contributed by atoms with E-state index in [1.165, 1.54) is 12.8 Å². The number of amides is 1. The molecule has 1 fully saturated rings. The van der Waals surface area contributed by atoms with Crippen LogP contribution in [0.3, 0.4) is 0 Å². The number of carbonyl (C=O) groups is 1. The van der Waals surface area contributed by atoms with E-state index in [9.17, 15) is 4.79 Å². The molecule has 0 bridgehead atoms. The summed E-state index contributed by atoms with van der Waals surface area (Å²) in [7, 11) is 0. The van der Waals surface area contributed by atoms with E-state index in [0.717, 1.165) is 30.0 Å². The van der Waals surface area contributed by atoms with Gasteiger partial charge in [0.25, 0.3) is 5.91 Å². The minimum atomic E-state index is -0.199. The Labute approximate surface area is 152 Å². The molecule has 1 aliphatic carbocycles. The number of nitrogens with zero attached hydrogens (tertiary/aromatic N) is 3. The highest BCUT2D eigenvalue weighted by Gasteiger charge is 2.23. The standard InChI is InChI=1S/C20H22N4O2/c1-14(19-23-21-13-24(19)17-5-2-3-6-17)22-20(25)16-10-8-15(9-11-16)18-7-4-12-26-18/h4,7-14,17H,2-3,5-6H2,1H3,(H,22,25)/t14-/m0/s1. The van der Waals surface area contributed by atoms with Gasteiger partial charge in [0.1, 0.15) is 12.1 Å². The smallest absolute Gasteiger partial charge is 0.251 e. The van der Waals surface area contributed by atoms with Crippen LogP contribution >= 0.6 is 0 Å². The molecule has 0 aliphatic heterocycles.